The van der Waals surface area contributed by atoms with Crippen LogP contribution in [0.1, 0.15) is 36.8 Å². The fourth-order valence-corrected chi connectivity index (χ4v) is 3.84. The minimum Gasteiger partial charge on any atom is -0.404 e. The molecule has 0 aliphatic carbocycles. The van der Waals surface area contributed by atoms with Crippen LogP contribution in [0.2, 0.25) is 0 Å². The Kier molecular flexibility index (Phi) is 4.83. The Labute approximate surface area is 139 Å². The van der Waals surface area contributed by atoms with Crippen LogP contribution in [0.15, 0.2) is 41.0 Å². The number of likely N-dealkylation sites (tertiary alicyclic amines) is 1. The van der Waals surface area contributed by atoms with E-state index < -0.39 is 0 Å². The van der Waals surface area contributed by atoms with E-state index in [0.29, 0.717) is 5.92 Å². The minimum absolute atomic E-state index is 0.0922. The van der Waals surface area contributed by atoms with Crippen molar-refractivity contribution in [1.29, 1.82) is 0 Å². The second-order valence-electron chi connectivity index (χ2n) is 6.70. The van der Waals surface area contributed by atoms with E-state index in [2.05, 4.69) is 41.1 Å². The number of hydrogen-bond acceptors (Lipinski definition) is 4. The number of aliphatic imine (C=N–C) groups is 1. The Morgan fingerprint density at radius 3 is 2.83 bits per heavy atom. The van der Waals surface area contributed by atoms with Gasteiger partial charge in [0.2, 0.25) is 0 Å². The molecule has 1 aromatic carbocycles. The zero-order valence-corrected chi connectivity index (χ0v) is 14.2. The zero-order chi connectivity index (χ0) is 16.3. The molecule has 1 spiro atoms. The highest BCUT2D eigenvalue weighted by atomic mass is 16.5. The fourth-order valence-electron chi connectivity index (χ4n) is 3.84. The monoisotopic (exact) mass is 313 g/mol. The minimum atomic E-state index is -0.0922. The van der Waals surface area contributed by atoms with Crippen molar-refractivity contribution in [3.05, 3.63) is 47.2 Å². The number of hydrogen-bond donors (Lipinski definition) is 1. The molecule has 0 bridgehead atoms. The summed E-state index contributed by atoms with van der Waals surface area (Å²) in [4.78, 5) is 6.51. The maximum absolute atomic E-state index is 6.38. The lowest BCUT2D eigenvalue weighted by molar-refractivity contribution is -0.103. The van der Waals surface area contributed by atoms with Crippen LogP contribution in [0.3, 0.4) is 0 Å². The van der Waals surface area contributed by atoms with E-state index in [0.717, 1.165) is 44.7 Å². The van der Waals surface area contributed by atoms with E-state index in [1.54, 1.807) is 13.2 Å². The first kappa shape index (κ1) is 16.2. The molecule has 3 rings (SSSR count). The third kappa shape index (κ3) is 3.19. The van der Waals surface area contributed by atoms with Crippen molar-refractivity contribution >= 4 is 6.21 Å². The standard InChI is InChI=1S/C19H27N3O/c1-15-14-23-19(18-6-4-3-5-17(15)18)7-9-22(10-8-19)13-16(11-20)12-21-2/h3-6,11-12,15H,7-10,13-14,20H2,1-2H3. The van der Waals surface area contributed by atoms with Crippen LogP contribution in [0.25, 0.3) is 0 Å². The van der Waals surface area contributed by atoms with E-state index >= 15 is 0 Å². The van der Waals surface area contributed by atoms with Crippen molar-refractivity contribution in [1.82, 2.24) is 4.90 Å². The molecule has 0 radical (unpaired) electrons. The fraction of sp³-hybridized carbons (Fsp3) is 0.526. The molecule has 2 aliphatic heterocycles. The second kappa shape index (κ2) is 6.85. The van der Waals surface area contributed by atoms with Crippen molar-refractivity contribution < 1.29 is 4.74 Å². The Hall–Kier alpha value is -1.65. The molecule has 2 heterocycles. The highest BCUT2D eigenvalue weighted by molar-refractivity contribution is 5.78. The van der Waals surface area contributed by atoms with Gasteiger partial charge in [-0.25, -0.2) is 0 Å². The number of rotatable bonds is 3. The molecular weight excluding hydrogens is 286 g/mol. The van der Waals surface area contributed by atoms with Gasteiger partial charge in [-0.2, -0.15) is 0 Å². The van der Waals surface area contributed by atoms with E-state index in [1.807, 2.05) is 6.21 Å². The van der Waals surface area contributed by atoms with Gasteiger partial charge in [-0.15, -0.1) is 0 Å². The molecule has 2 N–H and O–H groups in total. The molecule has 1 saturated heterocycles. The van der Waals surface area contributed by atoms with Gasteiger partial charge in [0.25, 0.3) is 0 Å². The normalized spacial score (nSPS) is 25.0. The summed E-state index contributed by atoms with van der Waals surface area (Å²) in [5, 5.41) is 0. The van der Waals surface area contributed by atoms with Crippen molar-refractivity contribution in [2.75, 3.05) is 33.3 Å². The van der Waals surface area contributed by atoms with Crippen LogP contribution >= 0.6 is 0 Å². The maximum Gasteiger partial charge on any atom is 0.0958 e. The first-order chi connectivity index (χ1) is 11.2. The number of nitrogens with zero attached hydrogens (tertiary/aromatic N) is 2. The van der Waals surface area contributed by atoms with Gasteiger partial charge in [0, 0.05) is 38.8 Å². The average molecular weight is 313 g/mol. The van der Waals surface area contributed by atoms with E-state index in [-0.39, 0.29) is 5.60 Å². The summed E-state index contributed by atoms with van der Waals surface area (Å²) in [5.74, 6) is 0.488. The van der Waals surface area contributed by atoms with Crippen LogP contribution < -0.4 is 5.73 Å². The lowest BCUT2D eigenvalue weighted by Crippen LogP contribution is -2.47. The number of piperidine rings is 1. The summed E-state index contributed by atoms with van der Waals surface area (Å²) in [5.41, 5.74) is 9.54. The largest absolute Gasteiger partial charge is 0.404 e. The summed E-state index contributed by atoms with van der Waals surface area (Å²) in [6.07, 6.45) is 5.58. The molecule has 4 nitrogen and oxygen atoms in total. The van der Waals surface area contributed by atoms with E-state index in [9.17, 15) is 0 Å². The smallest absolute Gasteiger partial charge is 0.0958 e. The summed E-state index contributed by atoms with van der Waals surface area (Å²) in [6.45, 7) is 5.99. The van der Waals surface area contributed by atoms with Crippen LogP contribution in [-0.2, 0) is 10.3 Å². The van der Waals surface area contributed by atoms with Gasteiger partial charge < -0.3 is 10.5 Å². The van der Waals surface area contributed by atoms with E-state index in [1.165, 1.54) is 11.1 Å². The summed E-state index contributed by atoms with van der Waals surface area (Å²) in [7, 11) is 1.78. The molecule has 1 unspecified atom stereocenters. The van der Waals surface area contributed by atoms with Crippen LogP contribution in [0, 0.1) is 0 Å². The highest BCUT2D eigenvalue weighted by Crippen LogP contribution is 2.44. The van der Waals surface area contributed by atoms with Gasteiger partial charge in [0.05, 0.1) is 12.2 Å². The summed E-state index contributed by atoms with van der Waals surface area (Å²) < 4.78 is 6.38. The van der Waals surface area contributed by atoms with Gasteiger partial charge >= 0.3 is 0 Å². The van der Waals surface area contributed by atoms with Gasteiger partial charge in [-0.05, 0) is 35.7 Å². The molecule has 23 heavy (non-hydrogen) atoms. The first-order valence-electron chi connectivity index (χ1n) is 8.47. The van der Waals surface area contributed by atoms with Crippen molar-refractivity contribution in [3.8, 4) is 0 Å². The highest BCUT2D eigenvalue weighted by Gasteiger charge is 2.42. The molecule has 0 aromatic heterocycles. The third-order valence-electron chi connectivity index (χ3n) is 5.17. The molecule has 2 aliphatic rings. The van der Waals surface area contributed by atoms with Crippen molar-refractivity contribution in [2.24, 2.45) is 10.7 Å². The molecular formula is C19H27N3O. The Morgan fingerprint density at radius 1 is 1.39 bits per heavy atom. The number of benzene rings is 1. The van der Waals surface area contributed by atoms with Gasteiger partial charge in [0.15, 0.2) is 0 Å². The average Bonchev–Trinajstić information content (AvgIpc) is 2.60. The Morgan fingerprint density at radius 2 is 2.13 bits per heavy atom. The number of ether oxygens (including phenoxy) is 1. The molecule has 1 atom stereocenters. The van der Waals surface area contributed by atoms with Crippen LogP contribution in [0.4, 0.5) is 0 Å². The van der Waals surface area contributed by atoms with Gasteiger partial charge in [-0.1, -0.05) is 31.2 Å². The number of nitrogens with two attached hydrogens (primary N) is 1. The van der Waals surface area contributed by atoms with Crippen LogP contribution in [-0.4, -0.2) is 44.4 Å². The van der Waals surface area contributed by atoms with Crippen LogP contribution in [0.5, 0.6) is 0 Å². The first-order valence-corrected chi connectivity index (χ1v) is 8.47. The topological polar surface area (TPSA) is 50.8 Å². The zero-order valence-electron chi connectivity index (χ0n) is 14.2. The predicted octanol–water partition coefficient (Wildman–Crippen LogP) is 2.65. The SMILES string of the molecule is CN=CC(=CN)CN1CCC2(CC1)OCC(C)c1ccccc12. The lowest BCUT2D eigenvalue weighted by atomic mass is 9.77. The molecule has 0 saturated carbocycles. The predicted molar refractivity (Wildman–Crippen MR) is 94.8 cm³/mol. The Balaban J connectivity index is 1.73. The van der Waals surface area contributed by atoms with Gasteiger partial charge in [-0.3, -0.25) is 9.89 Å². The number of fused-ring (bicyclic) bond motifs is 2. The van der Waals surface area contributed by atoms with Gasteiger partial charge in [0.1, 0.15) is 0 Å². The quantitative estimate of drug-likeness (QED) is 0.873. The molecule has 1 fully saturated rings. The lowest BCUT2D eigenvalue weighted by Gasteiger charge is -2.46. The second-order valence-corrected chi connectivity index (χ2v) is 6.70. The third-order valence-corrected chi connectivity index (χ3v) is 5.17. The van der Waals surface area contributed by atoms with Crippen molar-refractivity contribution in [3.63, 3.8) is 0 Å². The Bertz CT molecular complexity index is 600. The summed E-state index contributed by atoms with van der Waals surface area (Å²) in [6, 6.07) is 8.81. The molecule has 1 aromatic rings. The van der Waals surface area contributed by atoms with E-state index in [4.69, 9.17) is 10.5 Å². The molecule has 124 valence electrons. The molecule has 0 amide bonds. The molecule has 4 heteroatoms. The maximum atomic E-state index is 6.38. The summed E-state index contributed by atoms with van der Waals surface area (Å²) >= 11 is 0. The van der Waals surface area contributed by atoms with Crippen molar-refractivity contribution in [2.45, 2.75) is 31.3 Å².